The van der Waals surface area contributed by atoms with Crippen LogP contribution in [-0.4, -0.2) is 0 Å². The van der Waals surface area contributed by atoms with Gasteiger partial charge in [0.15, 0.2) is 23.8 Å². The van der Waals surface area contributed by atoms with Crippen molar-refractivity contribution in [2.24, 2.45) is 0 Å². The molecule has 0 radical (unpaired) electrons. The van der Waals surface area contributed by atoms with Gasteiger partial charge in [-0.2, -0.15) is 9.13 Å². The standard InChI is InChI=1S/C26H18Br2N2/c27-15-7-9-17-19(13-15)23-21-5-1-3-11-29(21)26(17)24-20-14-16(28)8-10-18(20)25(23)30-12-4-2-6-22(24)30/h1-14,23-26H/q+2/t23-,24-,25-,26-/m0/s1. The van der Waals surface area contributed by atoms with Gasteiger partial charge in [0.25, 0.3) is 0 Å². The quantitative estimate of drug-likeness (QED) is 0.269. The van der Waals surface area contributed by atoms with Gasteiger partial charge in [0.05, 0.1) is 0 Å². The van der Waals surface area contributed by atoms with Gasteiger partial charge in [-0.1, -0.05) is 56.1 Å². The number of pyridine rings is 2. The molecule has 0 saturated heterocycles. The van der Waals surface area contributed by atoms with Gasteiger partial charge in [0.2, 0.25) is 12.1 Å². The molecule has 4 atom stereocenters. The largest absolute Gasteiger partial charge is 0.200 e. The lowest BCUT2D eigenvalue weighted by Gasteiger charge is -2.42. The van der Waals surface area contributed by atoms with Crippen LogP contribution in [0.3, 0.4) is 0 Å². The molecule has 0 saturated carbocycles. The lowest BCUT2D eigenvalue weighted by Crippen LogP contribution is -2.62. The molecule has 0 spiro atoms. The van der Waals surface area contributed by atoms with Crippen molar-refractivity contribution >= 4 is 31.9 Å². The number of nitrogens with zero attached hydrogens (tertiary/aromatic N) is 2. The Labute approximate surface area is 192 Å². The van der Waals surface area contributed by atoms with E-state index in [1.54, 1.807) is 0 Å². The van der Waals surface area contributed by atoms with Crippen molar-refractivity contribution in [2.45, 2.75) is 23.9 Å². The maximum atomic E-state index is 3.75. The summed E-state index contributed by atoms with van der Waals surface area (Å²) in [7, 11) is 0. The van der Waals surface area contributed by atoms with Crippen LogP contribution in [0.5, 0.6) is 0 Å². The van der Waals surface area contributed by atoms with E-state index in [2.05, 4.69) is 126 Å². The van der Waals surface area contributed by atoms with Crippen LogP contribution in [0.15, 0.2) is 94.1 Å². The molecule has 6 aliphatic rings. The van der Waals surface area contributed by atoms with Crippen LogP contribution < -0.4 is 9.13 Å². The summed E-state index contributed by atoms with van der Waals surface area (Å²) in [6.45, 7) is 0. The number of rotatable bonds is 0. The van der Waals surface area contributed by atoms with Crippen LogP contribution in [0, 0.1) is 0 Å². The molecule has 0 unspecified atom stereocenters. The molecule has 0 amide bonds. The van der Waals surface area contributed by atoms with E-state index in [1.165, 1.54) is 33.6 Å². The fraction of sp³-hybridized carbons (Fsp3) is 0.154. The molecule has 2 nitrogen and oxygen atoms in total. The van der Waals surface area contributed by atoms with Crippen LogP contribution in [0.2, 0.25) is 0 Å². The summed E-state index contributed by atoms with van der Waals surface area (Å²) in [5.41, 5.74) is 8.60. The summed E-state index contributed by atoms with van der Waals surface area (Å²) in [5, 5.41) is 0. The van der Waals surface area contributed by atoms with Crippen molar-refractivity contribution in [3.05, 3.63) is 128 Å². The van der Waals surface area contributed by atoms with Crippen molar-refractivity contribution in [2.75, 3.05) is 0 Å². The van der Waals surface area contributed by atoms with Crippen molar-refractivity contribution in [1.29, 1.82) is 0 Å². The van der Waals surface area contributed by atoms with Crippen LogP contribution in [0.4, 0.5) is 0 Å². The molecule has 2 aromatic carbocycles. The van der Waals surface area contributed by atoms with Crippen LogP contribution in [0.25, 0.3) is 0 Å². The van der Waals surface area contributed by atoms with Gasteiger partial charge in [-0.15, -0.1) is 0 Å². The van der Waals surface area contributed by atoms with Gasteiger partial charge in [0.1, 0.15) is 11.8 Å². The Morgan fingerprint density at radius 3 is 1.47 bits per heavy atom. The second kappa shape index (κ2) is 6.12. The Bertz CT molecular complexity index is 1260. The van der Waals surface area contributed by atoms with E-state index in [1.807, 2.05) is 0 Å². The van der Waals surface area contributed by atoms with Gasteiger partial charge in [-0.25, -0.2) is 0 Å². The molecule has 1 aliphatic carbocycles. The maximum absolute atomic E-state index is 3.75. The molecular formula is C26H18Br2N2+2. The summed E-state index contributed by atoms with van der Waals surface area (Å²) in [5.74, 6) is 0.504. The number of hydrogen-bond donors (Lipinski definition) is 0. The number of halogens is 2. The zero-order valence-corrected chi connectivity index (χ0v) is 19.2. The van der Waals surface area contributed by atoms with Crippen LogP contribution in [0.1, 0.15) is 57.6 Å². The third-order valence-electron chi connectivity index (χ3n) is 7.12. The summed E-state index contributed by atoms with van der Waals surface area (Å²) in [6.07, 6.45) is 4.56. The van der Waals surface area contributed by atoms with Gasteiger partial charge < -0.3 is 0 Å². The summed E-state index contributed by atoms with van der Waals surface area (Å²) in [4.78, 5) is 0. The Kier molecular flexibility index (Phi) is 3.54. The normalized spacial score (nSPS) is 24.3. The Morgan fingerprint density at radius 2 is 1.00 bits per heavy atom. The third-order valence-corrected chi connectivity index (χ3v) is 8.11. The molecule has 4 bridgehead atoms. The van der Waals surface area contributed by atoms with E-state index < -0.39 is 0 Å². The maximum Gasteiger partial charge on any atom is 0.200 e. The highest BCUT2D eigenvalue weighted by Gasteiger charge is 2.58. The molecule has 0 fully saturated rings. The lowest BCUT2D eigenvalue weighted by atomic mass is 9.65. The monoisotopic (exact) mass is 516 g/mol. The molecular weight excluding hydrogens is 500 g/mol. The molecule has 5 aliphatic heterocycles. The van der Waals surface area contributed by atoms with E-state index in [0.717, 1.165) is 8.95 Å². The van der Waals surface area contributed by atoms with E-state index in [9.17, 15) is 0 Å². The SMILES string of the molecule is Brc1ccc2c(c1)[C@H]1c3cccc[n+]3[C@@H]2[C@H]2c3cc(Br)ccc3[C@@H]1[n+]1ccccc12. The van der Waals surface area contributed by atoms with Crippen LogP contribution >= 0.6 is 31.9 Å². The first-order valence-electron chi connectivity index (χ1n) is 10.3. The Hall–Kier alpha value is -2.30. The number of aromatic nitrogens is 2. The highest BCUT2D eigenvalue weighted by atomic mass is 79.9. The zero-order chi connectivity index (χ0) is 20.0. The fourth-order valence-electron chi connectivity index (χ4n) is 6.10. The summed E-state index contributed by atoms with van der Waals surface area (Å²) in [6, 6.07) is 27.6. The third kappa shape index (κ3) is 2.13. The minimum atomic E-state index is 0.225. The van der Waals surface area contributed by atoms with E-state index in [-0.39, 0.29) is 23.9 Å². The minimum absolute atomic E-state index is 0.225. The second-order valence-corrected chi connectivity index (χ2v) is 10.3. The van der Waals surface area contributed by atoms with E-state index in [0.29, 0.717) is 0 Å². The minimum Gasteiger partial charge on any atom is -0.193 e. The molecule has 30 heavy (non-hydrogen) atoms. The fourth-order valence-corrected chi connectivity index (χ4v) is 6.86. The van der Waals surface area contributed by atoms with Crippen molar-refractivity contribution in [3.63, 3.8) is 0 Å². The molecule has 144 valence electrons. The molecule has 10 rings (SSSR count). The summed E-state index contributed by atoms with van der Waals surface area (Å²) >= 11 is 7.51. The highest BCUT2D eigenvalue weighted by molar-refractivity contribution is 9.10. The van der Waals surface area contributed by atoms with E-state index >= 15 is 0 Å². The first kappa shape index (κ1) is 17.4. The Balaban J connectivity index is 1.68. The molecule has 4 heteroatoms. The Morgan fingerprint density at radius 1 is 0.533 bits per heavy atom. The van der Waals surface area contributed by atoms with Gasteiger partial charge in [-0.05, 0) is 35.4 Å². The second-order valence-electron chi connectivity index (χ2n) is 8.46. The van der Waals surface area contributed by atoms with Gasteiger partial charge >= 0.3 is 0 Å². The molecule has 0 N–H and O–H groups in total. The van der Waals surface area contributed by atoms with E-state index in [4.69, 9.17) is 0 Å². The van der Waals surface area contributed by atoms with Crippen molar-refractivity contribution < 1.29 is 9.13 Å². The van der Waals surface area contributed by atoms with Crippen molar-refractivity contribution in [1.82, 2.24) is 0 Å². The average molecular weight is 518 g/mol. The predicted octanol–water partition coefficient (Wildman–Crippen LogP) is 5.57. The lowest BCUT2D eigenvalue weighted by molar-refractivity contribution is -0.769. The average Bonchev–Trinajstić information content (AvgIpc) is 2.75. The van der Waals surface area contributed by atoms with Crippen LogP contribution in [-0.2, 0) is 0 Å². The highest BCUT2D eigenvalue weighted by Crippen LogP contribution is 2.54. The summed E-state index contributed by atoms with van der Waals surface area (Å²) < 4.78 is 7.39. The predicted molar refractivity (Wildman–Crippen MR) is 122 cm³/mol. The molecule has 2 aromatic heterocycles. The van der Waals surface area contributed by atoms with Gasteiger partial charge in [0, 0.05) is 44.3 Å². The first-order chi connectivity index (χ1) is 14.7. The van der Waals surface area contributed by atoms with Crippen molar-refractivity contribution in [3.8, 4) is 0 Å². The number of benzene rings is 2. The molecule has 4 aromatic rings. The molecule has 7 heterocycles. The van der Waals surface area contributed by atoms with Gasteiger partial charge in [-0.3, -0.25) is 0 Å². The zero-order valence-electron chi connectivity index (χ0n) is 16.0. The smallest absolute Gasteiger partial charge is 0.193 e. The number of hydrogen-bond acceptors (Lipinski definition) is 0. The topological polar surface area (TPSA) is 7.76 Å². The first-order valence-corrected chi connectivity index (χ1v) is 11.9.